The van der Waals surface area contributed by atoms with Crippen molar-refractivity contribution >= 4 is 5.95 Å². The summed E-state index contributed by atoms with van der Waals surface area (Å²) in [5.74, 6) is 0.738. The molecule has 0 radical (unpaired) electrons. The molecule has 3 unspecified atom stereocenters. The van der Waals surface area contributed by atoms with Crippen molar-refractivity contribution in [2.45, 2.75) is 25.0 Å². The van der Waals surface area contributed by atoms with E-state index >= 15 is 0 Å². The van der Waals surface area contributed by atoms with Crippen molar-refractivity contribution in [2.75, 3.05) is 18.1 Å². The van der Waals surface area contributed by atoms with Gasteiger partial charge in [-0.15, -0.1) is 6.58 Å². The zero-order valence-electron chi connectivity index (χ0n) is 10.1. The Morgan fingerprint density at radius 3 is 2.94 bits per heavy atom. The van der Waals surface area contributed by atoms with E-state index in [1.807, 2.05) is 0 Å². The van der Waals surface area contributed by atoms with Gasteiger partial charge in [-0.1, -0.05) is 6.08 Å². The maximum absolute atomic E-state index is 12.8. The molecule has 1 aliphatic carbocycles. The molecule has 2 fully saturated rings. The number of hydrogen-bond donors (Lipinski definition) is 0. The standard InChI is InChI=1S/C13H16FN3O/c1-2-5-18-12-9-3-4-11(12)17(8-9)13-15-6-10(14)7-16-13/h2,6-7,9,11-12H,1,3-5,8H2. The van der Waals surface area contributed by atoms with Crippen LogP contribution in [0.3, 0.4) is 0 Å². The molecule has 4 nitrogen and oxygen atoms in total. The molecule has 2 heterocycles. The van der Waals surface area contributed by atoms with Gasteiger partial charge < -0.3 is 9.64 Å². The molecule has 1 aromatic heterocycles. The number of halogens is 1. The highest BCUT2D eigenvalue weighted by Gasteiger charge is 2.48. The van der Waals surface area contributed by atoms with Crippen molar-refractivity contribution in [2.24, 2.45) is 5.92 Å². The first-order valence-corrected chi connectivity index (χ1v) is 6.26. The summed E-state index contributed by atoms with van der Waals surface area (Å²) >= 11 is 0. The maximum Gasteiger partial charge on any atom is 0.225 e. The Kier molecular flexibility index (Phi) is 2.99. The number of ether oxygens (including phenoxy) is 1. The van der Waals surface area contributed by atoms with Crippen molar-refractivity contribution in [3.8, 4) is 0 Å². The van der Waals surface area contributed by atoms with Crippen molar-refractivity contribution in [1.82, 2.24) is 9.97 Å². The molecule has 1 saturated heterocycles. The number of fused-ring (bicyclic) bond motifs is 2. The first-order chi connectivity index (χ1) is 8.79. The van der Waals surface area contributed by atoms with Gasteiger partial charge in [-0.3, -0.25) is 0 Å². The lowest BCUT2D eigenvalue weighted by Crippen LogP contribution is -2.36. The van der Waals surface area contributed by atoms with Crippen molar-refractivity contribution in [3.63, 3.8) is 0 Å². The number of anilines is 1. The molecule has 0 aromatic carbocycles. The summed E-state index contributed by atoms with van der Waals surface area (Å²) in [5.41, 5.74) is 0. The van der Waals surface area contributed by atoms with Crippen LogP contribution in [0.15, 0.2) is 25.0 Å². The van der Waals surface area contributed by atoms with Gasteiger partial charge in [0.2, 0.25) is 5.95 Å². The first-order valence-electron chi connectivity index (χ1n) is 6.26. The third-order valence-electron chi connectivity index (χ3n) is 3.78. The first kappa shape index (κ1) is 11.6. The number of nitrogens with zero attached hydrogens (tertiary/aromatic N) is 3. The lowest BCUT2D eigenvalue weighted by molar-refractivity contribution is 0.0588. The van der Waals surface area contributed by atoms with Gasteiger partial charge in [0.25, 0.3) is 0 Å². The van der Waals surface area contributed by atoms with E-state index in [9.17, 15) is 4.39 Å². The molecule has 1 aromatic rings. The van der Waals surface area contributed by atoms with E-state index in [1.165, 1.54) is 18.8 Å². The Morgan fingerprint density at radius 1 is 1.44 bits per heavy atom. The number of hydrogen-bond acceptors (Lipinski definition) is 4. The van der Waals surface area contributed by atoms with Gasteiger partial charge in [0, 0.05) is 12.5 Å². The molecular formula is C13H16FN3O. The van der Waals surface area contributed by atoms with Gasteiger partial charge >= 0.3 is 0 Å². The molecule has 5 heteroatoms. The Balaban J connectivity index is 1.76. The topological polar surface area (TPSA) is 38.2 Å². The smallest absolute Gasteiger partial charge is 0.225 e. The Hall–Kier alpha value is -1.49. The van der Waals surface area contributed by atoms with Gasteiger partial charge in [0.05, 0.1) is 31.1 Å². The SMILES string of the molecule is C=CCOC1C2CCC1N(c1ncc(F)cn1)C2. The minimum absolute atomic E-state index is 0.233. The molecule has 0 N–H and O–H groups in total. The van der Waals surface area contributed by atoms with Crippen LogP contribution in [0.1, 0.15) is 12.8 Å². The van der Waals surface area contributed by atoms with E-state index < -0.39 is 5.82 Å². The monoisotopic (exact) mass is 249 g/mol. The number of rotatable bonds is 4. The maximum atomic E-state index is 12.8. The fourth-order valence-electron chi connectivity index (χ4n) is 3.05. The van der Waals surface area contributed by atoms with Gasteiger partial charge in [0.15, 0.2) is 5.82 Å². The third-order valence-corrected chi connectivity index (χ3v) is 3.78. The molecule has 3 rings (SSSR count). The van der Waals surface area contributed by atoms with E-state index in [0.717, 1.165) is 13.0 Å². The molecular weight excluding hydrogens is 233 g/mol. The van der Waals surface area contributed by atoms with E-state index in [-0.39, 0.29) is 6.10 Å². The Labute approximate surface area is 105 Å². The lowest BCUT2D eigenvalue weighted by Gasteiger charge is -2.26. The van der Waals surface area contributed by atoms with Gasteiger partial charge in [0.1, 0.15) is 0 Å². The van der Waals surface area contributed by atoms with Crippen LogP contribution in [-0.4, -0.2) is 35.3 Å². The minimum Gasteiger partial charge on any atom is -0.372 e. The molecule has 1 aliphatic heterocycles. The molecule has 0 amide bonds. The average molecular weight is 249 g/mol. The largest absolute Gasteiger partial charge is 0.372 e. The highest BCUT2D eigenvalue weighted by Crippen LogP contribution is 2.41. The molecule has 2 aliphatic rings. The predicted octanol–water partition coefficient (Wildman–Crippen LogP) is 1.79. The summed E-state index contributed by atoms with van der Waals surface area (Å²) in [6, 6.07) is 0.320. The van der Waals surface area contributed by atoms with Crippen molar-refractivity contribution in [3.05, 3.63) is 30.9 Å². The number of piperidine rings is 1. The van der Waals surface area contributed by atoms with Crippen LogP contribution in [0.4, 0.5) is 10.3 Å². The van der Waals surface area contributed by atoms with E-state index in [0.29, 0.717) is 24.5 Å². The van der Waals surface area contributed by atoms with E-state index in [4.69, 9.17) is 4.74 Å². The molecule has 96 valence electrons. The molecule has 3 atom stereocenters. The normalized spacial score (nSPS) is 29.8. The van der Waals surface area contributed by atoms with Crippen LogP contribution >= 0.6 is 0 Å². The van der Waals surface area contributed by atoms with Crippen LogP contribution in [-0.2, 0) is 4.74 Å². The van der Waals surface area contributed by atoms with Crippen molar-refractivity contribution in [1.29, 1.82) is 0 Å². The lowest BCUT2D eigenvalue weighted by atomic mass is 10.1. The average Bonchev–Trinajstić information content (AvgIpc) is 2.94. The highest BCUT2D eigenvalue weighted by atomic mass is 19.1. The Morgan fingerprint density at radius 2 is 2.22 bits per heavy atom. The van der Waals surface area contributed by atoms with Crippen LogP contribution in [0.2, 0.25) is 0 Å². The zero-order valence-corrected chi connectivity index (χ0v) is 10.1. The van der Waals surface area contributed by atoms with E-state index in [2.05, 4.69) is 21.4 Å². The van der Waals surface area contributed by atoms with Crippen molar-refractivity contribution < 1.29 is 9.13 Å². The summed E-state index contributed by atoms with van der Waals surface area (Å²) in [5, 5.41) is 0. The second kappa shape index (κ2) is 4.65. The van der Waals surface area contributed by atoms with Crippen LogP contribution in [0.25, 0.3) is 0 Å². The van der Waals surface area contributed by atoms with E-state index in [1.54, 1.807) is 6.08 Å². The van der Waals surface area contributed by atoms with Gasteiger partial charge in [-0.2, -0.15) is 0 Å². The van der Waals surface area contributed by atoms with Gasteiger partial charge in [-0.25, -0.2) is 14.4 Å². The van der Waals surface area contributed by atoms with Crippen LogP contribution in [0, 0.1) is 11.7 Å². The Bertz CT molecular complexity index is 436. The molecule has 0 spiro atoms. The zero-order chi connectivity index (χ0) is 12.5. The van der Waals surface area contributed by atoms with Crippen LogP contribution < -0.4 is 4.90 Å². The fourth-order valence-corrected chi connectivity index (χ4v) is 3.05. The second-order valence-corrected chi connectivity index (χ2v) is 4.85. The number of aromatic nitrogens is 2. The summed E-state index contributed by atoms with van der Waals surface area (Å²) in [6.45, 7) is 5.15. The summed E-state index contributed by atoms with van der Waals surface area (Å²) in [4.78, 5) is 10.3. The highest BCUT2D eigenvalue weighted by molar-refractivity contribution is 5.36. The summed E-state index contributed by atoms with van der Waals surface area (Å²) < 4.78 is 18.7. The predicted molar refractivity (Wildman–Crippen MR) is 65.8 cm³/mol. The molecule has 1 saturated carbocycles. The van der Waals surface area contributed by atoms with Gasteiger partial charge in [-0.05, 0) is 12.8 Å². The second-order valence-electron chi connectivity index (χ2n) is 4.85. The molecule has 2 bridgehead atoms. The van der Waals surface area contributed by atoms with Crippen LogP contribution in [0.5, 0.6) is 0 Å². The molecule has 18 heavy (non-hydrogen) atoms. The minimum atomic E-state index is -0.400. The fraction of sp³-hybridized carbons (Fsp3) is 0.538. The third kappa shape index (κ3) is 1.88. The summed E-state index contributed by atoms with van der Waals surface area (Å²) in [6.07, 6.45) is 6.71. The quantitative estimate of drug-likeness (QED) is 0.762. The summed E-state index contributed by atoms with van der Waals surface area (Å²) in [7, 11) is 0.